The quantitative estimate of drug-likeness (QED) is 0.800. The second kappa shape index (κ2) is 5.87. The zero-order chi connectivity index (χ0) is 12.1. The summed E-state index contributed by atoms with van der Waals surface area (Å²) in [5.41, 5.74) is 8.22. The van der Waals surface area contributed by atoms with Crippen LogP contribution < -0.4 is 10.6 Å². The number of nitrogens with two attached hydrogens (primary N) is 1. The summed E-state index contributed by atoms with van der Waals surface area (Å²) in [6.07, 6.45) is 0.630. The molecule has 0 aromatic heterocycles. The Morgan fingerprint density at radius 2 is 1.88 bits per heavy atom. The van der Waals surface area contributed by atoms with Crippen molar-refractivity contribution >= 4 is 5.69 Å². The van der Waals surface area contributed by atoms with Gasteiger partial charge in [0.1, 0.15) is 0 Å². The maximum Gasteiger partial charge on any atom is 0.0686 e. The number of likely N-dealkylation sites (N-methyl/N-ethyl adjacent to an activating group) is 1. The highest BCUT2D eigenvalue weighted by molar-refractivity contribution is 5.47. The fourth-order valence-electron chi connectivity index (χ4n) is 1.71. The van der Waals surface area contributed by atoms with Gasteiger partial charge in [-0.05, 0) is 31.0 Å². The predicted octanol–water partition coefficient (Wildman–Crippen LogP) is 1.91. The number of hydrogen-bond acceptors (Lipinski definition) is 3. The normalized spacial score (nSPS) is 14.6. The second-order valence-corrected chi connectivity index (χ2v) is 4.34. The highest BCUT2D eigenvalue weighted by Crippen LogP contribution is 2.19. The molecule has 0 saturated heterocycles. The van der Waals surface area contributed by atoms with Crippen molar-refractivity contribution < 1.29 is 5.11 Å². The number of benzene rings is 1. The molecule has 0 aliphatic carbocycles. The van der Waals surface area contributed by atoms with E-state index in [-0.39, 0.29) is 12.1 Å². The molecule has 0 saturated carbocycles. The fraction of sp³-hybridized carbons (Fsp3) is 0.538. The van der Waals surface area contributed by atoms with E-state index in [2.05, 4.69) is 19.1 Å². The Morgan fingerprint density at radius 3 is 2.31 bits per heavy atom. The molecule has 1 aromatic rings. The molecule has 0 bridgehead atoms. The molecule has 2 atom stereocenters. The molecule has 1 unspecified atom stereocenters. The minimum atomic E-state index is -0.317. The first-order chi connectivity index (χ1) is 7.54. The van der Waals surface area contributed by atoms with Crippen molar-refractivity contribution in [2.24, 2.45) is 5.73 Å². The Hall–Kier alpha value is -1.06. The van der Waals surface area contributed by atoms with E-state index < -0.39 is 0 Å². The van der Waals surface area contributed by atoms with E-state index >= 15 is 0 Å². The third-order valence-electron chi connectivity index (χ3n) is 2.74. The van der Waals surface area contributed by atoms with Crippen LogP contribution in [-0.2, 0) is 0 Å². The lowest BCUT2D eigenvalue weighted by Gasteiger charge is -2.21. The minimum absolute atomic E-state index is 0.121. The Labute approximate surface area is 97.9 Å². The number of aliphatic hydroxyl groups is 1. The Bertz CT molecular complexity index is 308. The molecular weight excluding hydrogens is 200 g/mol. The zero-order valence-corrected chi connectivity index (χ0v) is 10.4. The summed E-state index contributed by atoms with van der Waals surface area (Å²) in [4.78, 5) is 2.03. The van der Waals surface area contributed by atoms with Crippen LogP contribution in [0.1, 0.15) is 31.9 Å². The molecule has 16 heavy (non-hydrogen) atoms. The summed E-state index contributed by atoms with van der Waals surface area (Å²) in [6, 6.07) is 8.33. The van der Waals surface area contributed by atoms with Crippen molar-refractivity contribution in [2.75, 3.05) is 18.5 Å². The third kappa shape index (κ3) is 3.51. The SMILES string of the molecule is CC[C@H](N)c1ccc(N(C)CC(C)O)cc1. The molecule has 3 N–H and O–H groups in total. The summed E-state index contributed by atoms with van der Waals surface area (Å²) < 4.78 is 0. The topological polar surface area (TPSA) is 49.5 Å². The molecular formula is C13H22N2O. The first kappa shape index (κ1) is 13.0. The average Bonchev–Trinajstić information content (AvgIpc) is 2.27. The summed E-state index contributed by atoms with van der Waals surface area (Å²) in [5, 5.41) is 9.30. The van der Waals surface area contributed by atoms with E-state index in [4.69, 9.17) is 5.73 Å². The van der Waals surface area contributed by atoms with Crippen LogP contribution in [0.2, 0.25) is 0 Å². The van der Waals surface area contributed by atoms with E-state index in [0.29, 0.717) is 6.54 Å². The largest absolute Gasteiger partial charge is 0.392 e. The van der Waals surface area contributed by atoms with Crippen LogP contribution in [0.4, 0.5) is 5.69 Å². The number of rotatable bonds is 5. The van der Waals surface area contributed by atoms with Gasteiger partial charge in [0.05, 0.1) is 6.10 Å². The third-order valence-corrected chi connectivity index (χ3v) is 2.74. The van der Waals surface area contributed by atoms with Crippen LogP contribution in [-0.4, -0.2) is 24.8 Å². The number of anilines is 1. The first-order valence-corrected chi connectivity index (χ1v) is 5.79. The standard InChI is InChI=1S/C13H22N2O/c1-4-13(14)11-5-7-12(8-6-11)15(3)9-10(2)16/h5-8,10,13,16H,4,9,14H2,1-3H3/t10?,13-/m0/s1. The molecule has 0 spiro atoms. The van der Waals surface area contributed by atoms with E-state index in [9.17, 15) is 5.11 Å². The molecule has 0 heterocycles. The molecule has 0 fully saturated rings. The van der Waals surface area contributed by atoms with Crippen LogP contribution in [0.25, 0.3) is 0 Å². The van der Waals surface area contributed by atoms with Crippen LogP contribution >= 0.6 is 0 Å². The highest BCUT2D eigenvalue weighted by Gasteiger charge is 2.06. The molecule has 1 rings (SSSR count). The van der Waals surface area contributed by atoms with Crippen molar-refractivity contribution in [1.29, 1.82) is 0 Å². The summed E-state index contributed by atoms with van der Waals surface area (Å²) in [5.74, 6) is 0. The molecule has 0 amide bonds. The van der Waals surface area contributed by atoms with E-state index in [0.717, 1.165) is 17.7 Å². The predicted molar refractivity (Wildman–Crippen MR) is 68.6 cm³/mol. The van der Waals surface area contributed by atoms with Gasteiger partial charge in [0.15, 0.2) is 0 Å². The Balaban J connectivity index is 2.70. The monoisotopic (exact) mass is 222 g/mol. The van der Waals surface area contributed by atoms with Crippen molar-refractivity contribution in [1.82, 2.24) is 0 Å². The smallest absolute Gasteiger partial charge is 0.0686 e. The zero-order valence-electron chi connectivity index (χ0n) is 10.4. The minimum Gasteiger partial charge on any atom is -0.392 e. The van der Waals surface area contributed by atoms with E-state index in [1.807, 2.05) is 24.1 Å². The van der Waals surface area contributed by atoms with Gasteiger partial charge in [-0.3, -0.25) is 0 Å². The molecule has 90 valence electrons. The number of aliphatic hydroxyl groups excluding tert-OH is 1. The maximum absolute atomic E-state index is 9.30. The van der Waals surface area contributed by atoms with Gasteiger partial charge in [0, 0.05) is 25.3 Å². The number of hydrogen-bond donors (Lipinski definition) is 2. The van der Waals surface area contributed by atoms with Gasteiger partial charge < -0.3 is 15.7 Å². The van der Waals surface area contributed by atoms with Crippen molar-refractivity contribution in [3.05, 3.63) is 29.8 Å². The lowest BCUT2D eigenvalue weighted by molar-refractivity contribution is 0.201. The highest BCUT2D eigenvalue weighted by atomic mass is 16.3. The van der Waals surface area contributed by atoms with Gasteiger partial charge in [-0.2, -0.15) is 0 Å². The van der Waals surface area contributed by atoms with Gasteiger partial charge in [-0.25, -0.2) is 0 Å². The molecule has 0 aliphatic rings. The number of nitrogens with zero attached hydrogens (tertiary/aromatic N) is 1. The Kier molecular flexibility index (Phi) is 4.77. The first-order valence-electron chi connectivity index (χ1n) is 5.79. The maximum atomic E-state index is 9.30. The lowest BCUT2D eigenvalue weighted by atomic mass is 10.1. The molecule has 0 aliphatic heterocycles. The Morgan fingerprint density at radius 1 is 1.31 bits per heavy atom. The molecule has 0 radical (unpaired) electrons. The van der Waals surface area contributed by atoms with Crippen molar-refractivity contribution in [2.45, 2.75) is 32.4 Å². The van der Waals surface area contributed by atoms with E-state index in [1.54, 1.807) is 6.92 Å². The van der Waals surface area contributed by atoms with Crippen LogP contribution in [0.5, 0.6) is 0 Å². The second-order valence-electron chi connectivity index (χ2n) is 4.34. The fourth-order valence-corrected chi connectivity index (χ4v) is 1.71. The lowest BCUT2D eigenvalue weighted by Crippen LogP contribution is -2.26. The van der Waals surface area contributed by atoms with Crippen molar-refractivity contribution in [3.63, 3.8) is 0 Å². The summed E-state index contributed by atoms with van der Waals surface area (Å²) in [7, 11) is 1.97. The van der Waals surface area contributed by atoms with Crippen LogP contribution in [0.15, 0.2) is 24.3 Å². The molecule has 3 heteroatoms. The molecule has 3 nitrogen and oxygen atoms in total. The van der Waals surface area contributed by atoms with Gasteiger partial charge in [-0.1, -0.05) is 19.1 Å². The van der Waals surface area contributed by atoms with Crippen molar-refractivity contribution in [3.8, 4) is 0 Å². The van der Waals surface area contributed by atoms with Gasteiger partial charge in [0.2, 0.25) is 0 Å². The van der Waals surface area contributed by atoms with E-state index in [1.165, 1.54) is 0 Å². The summed E-state index contributed by atoms with van der Waals surface area (Å²) >= 11 is 0. The van der Waals surface area contributed by atoms with Gasteiger partial charge in [0.25, 0.3) is 0 Å². The van der Waals surface area contributed by atoms with Gasteiger partial charge in [-0.15, -0.1) is 0 Å². The summed E-state index contributed by atoms with van der Waals surface area (Å²) in [6.45, 7) is 4.51. The van der Waals surface area contributed by atoms with Crippen LogP contribution in [0, 0.1) is 0 Å². The molecule has 1 aromatic carbocycles. The van der Waals surface area contributed by atoms with Gasteiger partial charge >= 0.3 is 0 Å². The van der Waals surface area contributed by atoms with Crippen LogP contribution in [0.3, 0.4) is 0 Å². The average molecular weight is 222 g/mol.